The van der Waals surface area contributed by atoms with Gasteiger partial charge in [-0.1, -0.05) is 0 Å². The summed E-state index contributed by atoms with van der Waals surface area (Å²) in [5, 5.41) is 0. The Morgan fingerprint density at radius 3 is 1.56 bits per heavy atom. The predicted octanol–water partition coefficient (Wildman–Crippen LogP) is 2.10. The third-order valence-corrected chi connectivity index (χ3v) is 0.556. The Morgan fingerprint density at radius 1 is 1.11 bits per heavy atom. The van der Waals surface area contributed by atoms with Crippen LogP contribution in [0.3, 0.4) is 0 Å². The molecule has 0 unspecified atom stereocenters. The van der Waals surface area contributed by atoms with Crippen molar-refractivity contribution in [2.45, 2.75) is 13.8 Å². The molecule has 0 aliphatic carbocycles. The van der Waals surface area contributed by atoms with E-state index in [0.717, 1.165) is 0 Å². The van der Waals surface area contributed by atoms with Gasteiger partial charge in [-0.25, -0.2) is 12.1 Å². The van der Waals surface area contributed by atoms with Crippen molar-refractivity contribution >= 4 is 0 Å². The Bertz CT molecular complexity index is 71.5. The molecule has 1 aromatic carbocycles. The molecule has 1 rings (SSSR count). The van der Waals surface area contributed by atoms with E-state index in [-0.39, 0.29) is 21.1 Å². The molecular formula is C8H14Mo-2. The van der Waals surface area contributed by atoms with Gasteiger partial charge >= 0.3 is 21.1 Å². The summed E-state index contributed by atoms with van der Waals surface area (Å²) >= 11 is 0. The first-order valence-corrected chi connectivity index (χ1v) is 2.82. The third kappa shape index (κ3) is 11.5. The molecule has 0 bridgehead atoms. The Balaban J connectivity index is 0. The first-order chi connectivity index (χ1) is 3.91. The zero-order valence-corrected chi connectivity index (χ0v) is 8.42. The minimum Gasteiger partial charge on any atom is -0.214 e. The van der Waals surface area contributed by atoms with Crippen molar-refractivity contribution in [2.75, 3.05) is 0 Å². The summed E-state index contributed by atoms with van der Waals surface area (Å²) in [6.45, 7) is 4.00. The average Bonchev–Trinajstić information content (AvgIpc) is 2.17. The van der Waals surface area contributed by atoms with Gasteiger partial charge < -0.3 is 6.42 Å². The Hall–Kier alpha value is 0.0383. The largest absolute Gasteiger partial charge is 0.214 e. The van der Waals surface area contributed by atoms with Crippen LogP contribution in [0, 0.1) is 6.42 Å². The van der Waals surface area contributed by atoms with Gasteiger partial charge in [-0.2, -0.15) is 32.0 Å². The van der Waals surface area contributed by atoms with Gasteiger partial charge in [0, 0.05) is 0 Å². The van der Waals surface area contributed by atoms with Gasteiger partial charge in [-0.3, -0.25) is 0 Å². The van der Waals surface area contributed by atoms with Crippen LogP contribution < -0.4 is 0 Å². The van der Waals surface area contributed by atoms with Crippen LogP contribution in [-0.4, -0.2) is 0 Å². The summed E-state index contributed by atoms with van der Waals surface area (Å²) < 4.78 is 0. The molecule has 0 heterocycles. The van der Waals surface area contributed by atoms with E-state index in [9.17, 15) is 0 Å². The fourth-order valence-electron chi connectivity index (χ4n) is 0.321. The van der Waals surface area contributed by atoms with Gasteiger partial charge in [0.1, 0.15) is 0 Å². The van der Waals surface area contributed by atoms with Gasteiger partial charge in [0.15, 0.2) is 0 Å². The van der Waals surface area contributed by atoms with Crippen molar-refractivity contribution < 1.29 is 21.1 Å². The van der Waals surface area contributed by atoms with Crippen LogP contribution in [0.4, 0.5) is 0 Å². The van der Waals surface area contributed by atoms with Crippen molar-refractivity contribution in [3.8, 4) is 0 Å². The molecule has 1 heteroatoms. The zero-order valence-electron chi connectivity index (χ0n) is 5.96. The van der Waals surface area contributed by atoms with E-state index in [2.05, 4.69) is 0 Å². The molecule has 0 N–H and O–H groups in total. The molecule has 0 aliphatic rings. The first-order valence-electron chi connectivity index (χ1n) is 2.82. The molecule has 0 saturated carbocycles. The number of hydrogen-bond acceptors (Lipinski definition) is 0. The smallest absolute Gasteiger partial charge is 0.172 e. The Morgan fingerprint density at radius 2 is 1.44 bits per heavy atom. The maximum atomic E-state index is 2.00. The van der Waals surface area contributed by atoms with E-state index in [1.54, 1.807) is 0 Å². The Labute approximate surface area is 71.9 Å². The van der Waals surface area contributed by atoms with Gasteiger partial charge in [0.2, 0.25) is 0 Å². The van der Waals surface area contributed by atoms with Crippen LogP contribution in [0.1, 0.15) is 13.8 Å². The van der Waals surface area contributed by atoms with Gasteiger partial charge in [-0.15, -0.1) is 0 Å². The van der Waals surface area contributed by atoms with Crippen LogP contribution in [0.2, 0.25) is 0 Å². The molecule has 0 aliphatic heterocycles. The maximum Gasteiger partial charge on any atom is -0.172 e. The topological polar surface area (TPSA) is 0 Å². The van der Waals surface area contributed by atoms with E-state index in [4.69, 9.17) is 0 Å². The monoisotopic (exact) mass is 208 g/mol. The van der Waals surface area contributed by atoms with Crippen LogP contribution in [0.15, 0.2) is 30.3 Å². The molecule has 0 fully saturated rings. The predicted molar refractivity (Wildman–Crippen MR) is 40.5 cm³/mol. The van der Waals surface area contributed by atoms with Gasteiger partial charge in [0.05, 0.1) is 0 Å². The van der Waals surface area contributed by atoms with E-state index in [1.807, 2.05) is 50.6 Å². The molecule has 0 radical (unpaired) electrons. The molecular weight excluding hydrogens is 192 g/mol. The average molecular weight is 206 g/mol. The summed E-state index contributed by atoms with van der Waals surface area (Å²) in [6.07, 6.45) is 2.00. The van der Waals surface area contributed by atoms with Crippen molar-refractivity contribution in [3.63, 3.8) is 0 Å². The first kappa shape index (κ1) is 11.8. The van der Waals surface area contributed by atoms with E-state index in [1.165, 1.54) is 0 Å². The standard InChI is InChI=1S/C5H5.C3H7.Mo.2H/c1-2-4-5-3-1;1-3-2;;;/h1-5H;3H,1-2H3;;;/q2*-1;;;. The molecule has 0 nitrogen and oxygen atoms in total. The summed E-state index contributed by atoms with van der Waals surface area (Å²) in [6, 6.07) is 10.0. The van der Waals surface area contributed by atoms with Crippen molar-refractivity contribution in [1.29, 1.82) is 0 Å². The van der Waals surface area contributed by atoms with E-state index >= 15 is 0 Å². The molecule has 0 amide bonds. The van der Waals surface area contributed by atoms with Crippen molar-refractivity contribution in [1.82, 2.24) is 0 Å². The second kappa shape index (κ2) is 10.9. The van der Waals surface area contributed by atoms with Crippen LogP contribution >= 0.6 is 0 Å². The summed E-state index contributed by atoms with van der Waals surface area (Å²) in [5.74, 6) is 0. The van der Waals surface area contributed by atoms with Gasteiger partial charge in [-0.05, 0) is 0 Å². The SMILES string of the molecule is C[CH-]C.[MoH2].c1cc[cH-]c1. The zero-order chi connectivity index (χ0) is 6.24. The second-order valence-corrected chi connectivity index (χ2v) is 1.54. The van der Waals surface area contributed by atoms with Crippen LogP contribution in [-0.2, 0) is 21.1 Å². The normalized spacial score (nSPS) is 6.44. The molecule has 9 heavy (non-hydrogen) atoms. The molecule has 0 spiro atoms. The minimum atomic E-state index is 0. The maximum absolute atomic E-state index is 2.00. The molecule has 0 aromatic heterocycles. The van der Waals surface area contributed by atoms with Gasteiger partial charge in [0.25, 0.3) is 0 Å². The summed E-state index contributed by atoms with van der Waals surface area (Å²) in [5.41, 5.74) is 0. The fraction of sp³-hybridized carbons (Fsp3) is 0.250. The van der Waals surface area contributed by atoms with E-state index in [0.29, 0.717) is 0 Å². The van der Waals surface area contributed by atoms with Crippen LogP contribution in [0.25, 0.3) is 0 Å². The quantitative estimate of drug-likeness (QED) is 0.450. The minimum absolute atomic E-state index is 0. The third-order valence-electron chi connectivity index (χ3n) is 0.556. The molecule has 1 aromatic rings. The molecule has 0 atom stereocenters. The Kier molecular flexibility index (Phi) is 14.3. The van der Waals surface area contributed by atoms with Crippen LogP contribution in [0.5, 0.6) is 0 Å². The van der Waals surface area contributed by atoms with E-state index < -0.39 is 0 Å². The number of rotatable bonds is 0. The number of hydrogen-bond donors (Lipinski definition) is 0. The fourth-order valence-corrected chi connectivity index (χ4v) is 0.321. The summed E-state index contributed by atoms with van der Waals surface area (Å²) in [7, 11) is 0. The molecule has 54 valence electrons. The molecule has 0 saturated heterocycles. The van der Waals surface area contributed by atoms with Crippen molar-refractivity contribution in [3.05, 3.63) is 36.8 Å². The summed E-state index contributed by atoms with van der Waals surface area (Å²) in [4.78, 5) is 0. The second-order valence-electron chi connectivity index (χ2n) is 1.54. The van der Waals surface area contributed by atoms with Crippen molar-refractivity contribution in [2.24, 2.45) is 0 Å².